The summed E-state index contributed by atoms with van der Waals surface area (Å²) in [6.07, 6.45) is 1.87. The molecule has 184 valence electrons. The maximum Gasteiger partial charge on any atom is 0.317 e. The second kappa shape index (κ2) is 9.73. The highest BCUT2D eigenvalue weighted by Crippen LogP contribution is 2.28. The highest BCUT2D eigenvalue weighted by molar-refractivity contribution is 5.79. The minimum atomic E-state index is -0.218. The van der Waals surface area contributed by atoms with Crippen molar-refractivity contribution in [2.75, 3.05) is 31.1 Å². The zero-order chi connectivity index (χ0) is 24.5. The van der Waals surface area contributed by atoms with E-state index in [1.807, 2.05) is 18.7 Å². The number of rotatable bonds is 6. The summed E-state index contributed by atoms with van der Waals surface area (Å²) in [4.78, 5) is 37.4. The number of hydrogen-bond donors (Lipinski definition) is 2. The number of aromatic amines is 1. The number of carbonyl (C=O) groups is 1. The van der Waals surface area contributed by atoms with Crippen LogP contribution in [0.4, 0.5) is 10.7 Å². The largest absolute Gasteiger partial charge is 0.342 e. The Labute approximate surface area is 196 Å². The maximum absolute atomic E-state index is 13.0. The molecule has 1 aliphatic rings. The zero-order valence-corrected chi connectivity index (χ0v) is 21.5. The van der Waals surface area contributed by atoms with Crippen molar-refractivity contribution in [1.82, 2.24) is 30.0 Å². The molecule has 0 unspecified atom stereocenters. The predicted octanol–water partition coefficient (Wildman–Crippen LogP) is 3.25. The van der Waals surface area contributed by atoms with Crippen LogP contribution in [0.3, 0.4) is 0 Å². The smallest absolute Gasteiger partial charge is 0.317 e. The van der Waals surface area contributed by atoms with Crippen molar-refractivity contribution in [1.29, 1.82) is 0 Å². The highest BCUT2D eigenvalue weighted by atomic mass is 16.2. The summed E-state index contributed by atoms with van der Waals surface area (Å²) in [5.74, 6) is 1.46. The van der Waals surface area contributed by atoms with Gasteiger partial charge in [-0.05, 0) is 38.5 Å². The Hall–Kier alpha value is -2.58. The van der Waals surface area contributed by atoms with Gasteiger partial charge in [-0.3, -0.25) is 14.5 Å². The number of H-pyrrole nitrogens is 1. The standard InChI is InChI=1S/C24H41N7O2/c1-15(2)13-31(14-17-9-11-30(12-10-17)23(33)25-16(3)4)22-26-18-19(21(32)27-22)29(8)28-20(18)24(5,6)7/h15-17H,9-14H2,1-8H3,(H,25,33)(H,26,27,32). The lowest BCUT2D eigenvalue weighted by Gasteiger charge is -2.36. The fourth-order valence-corrected chi connectivity index (χ4v) is 4.48. The molecule has 0 aromatic carbocycles. The van der Waals surface area contributed by atoms with Crippen LogP contribution in [0.15, 0.2) is 4.79 Å². The first-order valence-corrected chi connectivity index (χ1v) is 12.1. The number of carbonyl (C=O) groups excluding carboxylic acids is 1. The van der Waals surface area contributed by atoms with Gasteiger partial charge in [-0.1, -0.05) is 34.6 Å². The Morgan fingerprint density at radius 3 is 2.39 bits per heavy atom. The molecule has 0 spiro atoms. The third-order valence-corrected chi connectivity index (χ3v) is 6.07. The molecule has 33 heavy (non-hydrogen) atoms. The van der Waals surface area contributed by atoms with Crippen LogP contribution in [0, 0.1) is 11.8 Å². The van der Waals surface area contributed by atoms with Crippen molar-refractivity contribution in [3.05, 3.63) is 16.0 Å². The number of aryl methyl sites for hydroxylation is 1. The van der Waals surface area contributed by atoms with Crippen LogP contribution in [-0.2, 0) is 12.5 Å². The van der Waals surface area contributed by atoms with Crippen LogP contribution < -0.4 is 15.8 Å². The molecule has 0 aliphatic carbocycles. The van der Waals surface area contributed by atoms with E-state index < -0.39 is 0 Å². The SMILES string of the molecule is CC(C)CN(CC1CCN(C(=O)NC(C)C)CC1)c1nc2c(C(C)(C)C)nn(C)c2c(=O)[nH]1. The number of piperidine rings is 1. The summed E-state index contributed by atoms with van der Waals surface area (Å²) in [5.41, 5.74) is 1.65. The van der Waals surface area contributed by atoms with Gasteiger partial charge in [-0.25, -0.2) is 9.78 Å². The molecule has 0 bridgehead atoms. The minimum absolute atomic E-state index is 0.0187. The topological polar surface area (TPSA) is 99.1 Å². The lowest BCUT2D eigenvalue weighted by atomic mass is 9.91. The van der Waals surface area contributed by atoms with Crippen molar-refractivity contribution in [3.8, 4) is 0 Å². The van der Waals surface area contributed by atoms with Gasteiger partial charge in [0.1, 0.15) is 5.52 Å². The first-order valence-electron chi connectivity index (χ1n) is 12.1. The molecular weight excluding hydrogens is 418 g/mol. The Balaban J connectivity index is 1.84. The third-order valence-electron chi connectivity index (χ3n) is 6.07. The van der Waals surface area contributed by atoms with Gasteiger partial charge in [0.25, 0.3) is 5.56 Å². The second-order valence-electron chi connectivity index (χ2n) is 11.1. The number of aromatic nitrogens is 4. The maximum atomic E-state index is 13.0. The summed E-state index contributed by atoms with van der Waals surface area (Å²) in [6.45, 7) is 17.7. The van der Waals surface area contributed by atoms with E-state index in [2.05, 4.69) is 54.9 Å². The number of nitrogens with zero attached hydrogens (tertiary/aromatic N) is 5. The number of hydrogen-bond acceptors (Lipinski definition) is 5. The molecule has 2 amide bonds. The number of anilines is 1. The third kappa shape index (κ3) is 5.86. The Morgan fingerprint density at radius 2 is 1.85 bits per heavy atom. The Kier molecular flexibility index (Phi) is 7.39. The fraction of sp³-hybridized carbons (Fsp3) is 0.750. The van der Waals surface area contributed by atoms with E-state index >= 15 is 0 Å². The van der Waals surface area contributed by atoms with Gasteiger partial charge in [0.2, 0.25) is 5.95 Å². The van der Waals surface area contributed by atoms with E-state index in [1.54, 1.807) is 11.7 Å². The molecule has 0 radical (unpaired) electrons. The molecule has 2 N–H and O–H groups in total. The van der Waals surface area contributed by atoms with Crippen molar-refractivity contribution in [2.45, 2.75) is 72.8 Å². The summed E-state index contributed by atoms with van der Waals surface area (Å²) in [6, 6.07) is 0.158. The van der Waals surface area contributed by atoms with Crippen molar-refractivity contribution in [3.63, 3.8) is 0 Å². The normalized spacial score (nSPS) is 15.6. The molecule has 2 aromatic heterocycles. The highest BCUT2D eigenvalue weighted by Gasteiger charge is 2.28. The number of fused-ring (bicyclic) bond motifs is 1. The quantitative estimate of drug-likeness (QED) is 0.691. The van der Waals surface area contributed by atoms with Crippen molar-refractivity contribution < 1.29 is 4.79 Å². The van der Waals surface area contributed by atoms with Gasteiger partial charge >= 0.3 is 6.03 Å². The van der Waals surface area contributed by atoms with E-state index in [9.17, 15) is 9.59 Å². The van der Waals surface area contributed by atoms with E-state index in [0.717, 1.165) is 44.7 Å². The zero-order valence-electron chi connectivity index (χ0n) is 21.5. The number of likely N-dealkylation sites (tertiary alicyclic amines) is 1. The van der Waals surface area contributed by atoms with Gasteiger partial charge in [0.15, 0.2) is 5.52 Å². The van der Waals surface area contributed by atoms with Gasteiger partial charge in [-0.15, -0.1) is 0 Å². The summed E-state index contributed by atoms with van der Waals surface area (Å²) in [7, 11) is 1.79. The Morgan fingerprint density at radius 1 is 1.21 bits per heavy atom. The van der Waals surface area contributed by atoms with Crippen LogP contribution in [0.25, 0.3) is 11.0 Å². The van der Waals surface area contributed by atoms with Gasteiger partial charge in [-0.2, -0.15) is 5.10 Å². The lowest BCUT2D eigenvalue weighted by Crippen LogP contribution is -2.48. The van der Waals surface area contributed by atoms with Crippen molar-refractivity contribution in [2.24, 2.45) is 18.9 Å². The molecule has 3 rings (SSSR count). The number of nitrogens with one attached hydrogen (secondary N) is 2. The second-order valence-corrected chi connectivity index (χ2v) is 11.1. The molecule has 1 saturated heterocycles. The van der Waals surface area contributed by atoms with Crippen molar-refractivity contribution >= 4 is 23.0 Å². The number of urea groups is 1. The minimum Gasteiger partial charge on any atom is -0.342 e. The average molecular weight is 460 g/mol. The average Bonchev–Trinajstić information content (AvgIpc) is 3.04. The summed E-state index contributed by atoms with van der Waals surface area (Å²) >= 11 is 0. The molecular formula is C24H41N7O2. The van der Waals surface area contributed by atoms with Gasteiger partial charge in [0.05, 0.1) is 5.69 Å². The summed E-state index contributed by atoms with van der Waals surface area (Å²) in [5, 5.41) is 7.60. The van der Waals surface area contributed by atoms with Gasteiger partial charge < -0.3 is 15.1 Å². The fourth-order valence-electron chi connectivity index (χ4n) is 4.48. The van der Waals surface area contributed by atoms with Crippen LogP contribution >= 0.6 is 0 Å². The van der Waals surface area contributed by atoms with Gasteiger partial charge in [0, 0.05) is 44.7 Å². The summed E-state index contributed by atoms with van der Waals surface area (Å²) < 4.78 is 1.64. The Bertz CT molecular complexity index is 1020. The molecule has 0 atom stereocenters. The number of amides is 2. The predicted molar refractivity (Wildman–Crippen MR) is 133 cm³/mol. The molecule has 9 nitrogen and oxygen atoms in total. The first-order chi connectivity index (χ1) is 15.4. The lowest BCUT2D eigenvalue weighted by molar-refractivity contribution is 0.169. The molecule has 1 fully saturated rings. The molecule has 1 aliphatic heterocycles. The van der Waals surface area contributed by atoms with E-state index in [1.165, 1.54) is 0 Å². The van der Waals surface area contributed by atoms with Crippen LogP contribution in [0.5, 0.6) is 0 Å². The van der Waals surface area contributed by atoms with Crippen LogP contribution in [0.2, 0.25) is 0 Å². The van der Waals surface area contributed by atoms with E-state index in [-0.39, 0.29) is 23.0 Å². The molecule has 3 heterocycles. The van der Waals surface area contributed by atoms with Crippen LogP contribution in [-0.4, -0.2) is 62.9 Å². The molecule has 2 aromatic rings. The molecule has 0 saturated carbocycles. The van der Waals surface area contributed by atoms with E-state index in [4.69, 9.17) is 4.98 Å². The van der Waals surface area contributed by atoms with E-state index in [0.29, 0.717) is 28.8 Å². The molecule has 9 heteroatoms. The van der Waals surface area contributed by atoms with Crippen LogP contribution in [0.1, 0.15) is 67.0 Å². The first kappa shape index (κ1) is 25.1. The monoisotopic (exact) mass is 459 g/mol.